The van der Waals surface area contributed by atoms with Crippen molar-refractivity contribution in [2.24, 2.45) is 0 Å². The molecule has 0 unspecified atom stereocenters. The molecule has 0 spiro atoms. The molecular weight excluding hydrogens is 441 g/mol. The van der Waals surface area contributed by atoms with Crippen molar-refractivity contribution >= 4 is 46.7 Å². The Balaban J connectivity index is 1.31. The molecule has 5 rings (SSSR count). The number of carbonyl (C=O) groups excluding carboxylic acids is 3. The number of anilines is 3. The largest absolute Gasteiger partial charge is 0.392 e. The fraction of sp³-hybridized carbons (Fsp3) is 0.125. The summed E-state index contributed by atoms with van der Waals surface area (Å²) < 4.78 is 14.4. The molecule has 5 amide bonds. The van der Waals surface area contributed by atoms with Gasteiger partial charge in [-0.05, 0) is 48.0 Å². The van der Waals surface area contributed by atoms with Gasteiger partial charge in [-0.3, -0.25) is 9.69 Å². The molecule has 1 fully saturated rings. The van der Waals surface area contributed by atoms with Gasteiger partial charge in [-0.1, -0.05) is 12.1 Å². The van der Waals surface area contributed by atoms with Crippen LogP contribution in [0.3, 0.4) is 0 Å². The summed E-state index contributed by atoms with van der Waals surface area (Å²) in [4.78, 5) is 43.1. The Morgan fingerprint density at radius 2 is 2.00 bits per heavy atom. The van der Waals surface area contributed by atoms with Gasteiger partial charge in [0.1, 0.15) is 5.82 Å². The Morgan fingerprint density at radius 1 is 1.15 bits per heavy atom. The fourth-order valence-corrected chi connectivity index (χ4v) is 4.01. The zero-order chi connectivity index (χ0) is 23.8. The Hall–Kier alpha value is -4.44. The topological polar surface area (TPSA) is 118 Å². The summed E-state index contributed by atoms with van der Waals surface area (Å²) >= 11 is 0. The number of hydrogen-bond acceptors (Lipinski definition) is 4. The van der Waals surface area contributed by atoms with Crippen LogP contribution in [0.15, 0.2) is 54.7 Å². The standard InChI is InChI=1S/C24H20FN5O4/c25-19-10-14(13-31)3-6-21(19)29-8-9-30(24(29)34)23(33)27-16-4-5-17-18(11-15-2-1-7-26-15)22(32)28-20(17)12-16/h1-7,10-12,26,31H,8-9,13H2,(H,27,33)(H,28,32). The quantitative estimate of drug-likeness (QED) is 0.444. The lowest BCUT2D eigenvalue weighted by atomic mass is 10.1. The minimum Gasteiger partial charge on any atom is -0.392 e. The lowest BCUT2D eigenvalue weighted by Crippen LogP contribution is -2.39. The predicted octanol–water partition coefficient (Wildman–Crippen LogP) is 3.61. The van der Waals surface area contributed by atoms with Crippen LogP contribution >= 0.6 is 0 Å². The van der Waals surface area contributed by atoms with E-state index in [4.69, 9.17) is 5.11 Å². The molecule has 2 aliphatic heterocycles. The van der Waals surface area contributed by atoms with Crippen molar-refractivity contribution in [2.45, 2.75) is 6.61 Å². The van der Waals surface area contributed by atoms with E-state index in [0.29, 0.717) is 28.1 Å². The van der Waals surface area contributed by atoms with Crippen LogP contribution in [0.5, 0.6) is 0 Å². The maximum atomic E-state index is 14.4. The molecule has 9 nitrogen and oxygen atoms in total. The number of benzene rings is 2. The summed E-state index contributed by atoms with van der Waals surface area (Å²) in [5.74, 6) is -0.910. The number of hydrogen-bond donors (Lipinski definition) is 4. The van der Waals surface area contributed by atoms with Crippen LogP contribution in [0.1, 0.15) is 16.8 Å². The van der Waals surface area contributed by atoms with E-state index in [1.807, 2.05) is 12.1 Å². The lowest BCUT2D eigenvalue weighted by molar-refractivity contribution is -0.110. The fourth-order valence-electron chi connectivity index (χ4n) is 4.01. The summed E-state index contributed by atoms with van der Waals surface area (Å²) in [6.07, 6.45) is 3.50. The molecule has 10 heteroatoms. The summed E-state index contributed by atoms with van der Waals surface area (Å²) in [5, 5.41) is 14.6. The number of carbonyl (C=O) groups is 3. The molecule has 1 aromatic heterocycles. The number of H-pyrrole nitrogens is 1. The Kier molecular flexibility index (Phi) is 5.34. The summed E-state index contributed by atoms with van der Waals surface area (Å²) in [7, 11) is 0. The zero-order valence-electron chi connectivity index (χ0n) is 17.8. The van der Waals surface area contributed by atoms with E-state index in [1.54, 1.807) is 30.5 Å². The lowest BCUT2D eigenvalue weighted by Gasteiger charge is -2.19. The molecule has 0 aliphatic carbocycles. The van der Waals surface area contributed by atoms with Crippen molar-refractivity contribution < 1.29 is 23.9 Å². The highest BCUT2D eigenvalue weighted by molar-refractivity contribution is 6.35. The number of amides is 5. The Morgan fingerprint density at radius 3 is 2.74 bits per heavy atom. The van der Waals surface area contributed by atoms with Crippen LogP contribution in [0.25, 0.3) is 11.6 Å². The maximum Gasteiger partial charge on any atom is 0.332 e. The highest BCUT2D eigenvalue weighted by Gasteiger charge is 2.35. The number of aromatic amines is 1. The summed E-state index contributed by atoms with van der Waals surface area (Å²) in [6, 6.07) is 11.4. The molecule has 172 valence electrons. The number of nitrogens with zero attached hydrogens (tertiary/aromatic N) is 2. The second-order valence-corrected chi connectivity index (χ2v) is 7.86. The number of nitrogens with one attached hydrogen (secondary N) is 3. The number of fused-ring (bicyclic) bond motifs is 1. The Labute approximate surface area is 193 Å². The van der Waals surface area contributed by atoms with Gasteiger partial charge in [0.2, 0.25) is 0 Å². The van der Waals surface area contributed by atoms with Crippen LogP contribution in [0.4, 0.5) is 31.0 Å². The van der Waals surface area contributed by atoms with Gasteiger partial charge < -0.3 is 20.7 Å². The van der Waals surface area contributed by atoms with Crippen molar-refractivity contribution in [1.82, 2.24) is 9.88 Å². The third kappa shape index (κ3) is 3.80. The minimum atomic E-state index is -0.661. The number of urea groups is 2. The average molecular weight is 461 g/mol. The zero-order valence-corrected chi connectivity index (χ0v) is 17.8. The van der Waals surface area contributed by atoms with Crippen LogP contribution in [0.2, 0.25) is 0 Å². The van der Waals surface area contributed by atoms with E-state index in [9.17, 15) is 18.8 Å². The highest BCUT2D eigenvalue weighted by atomic mass is 19.1. The number of aromatic nitrogens is 1. The molecular formula is C24H20FN5O4. The first-order valence-corrected chi connectivity index (χ1v) is 10.5. The summed E-state index contributed by atoms with van der Waals surface area (Å²) in [6.45, 7) is -0.102. The smallest absolute Gasteiger partial charge is 0.332 e. The maximum absolute atomic E-state index is 14.4. The van der Waals surface area contributed by atoms with E-state index in [-0.39, 0.29) is 31.3 Å². The normalized spacial score (nSPS) is 16.2. The van der Waals surface area contributed by atoms with E-state index in [0.717, 1.165) is 16.7 Å². The molecule has 34 heavy (non-hydrogen) atoms. The molecule has 3 heterocycles. The van der Waals surface area contributed by atoms with Gasteiger partial charge in [-0.2, -0.15) is 0 Å². The van der Waals surface area contributed by atoms with E-state index in [2.05, 4.69) is 15.6 Å². The van der Waals surface area contributed by atoms with E-state index in [1.165, 1.54) is 17.0 Å². The molecule has 2 aliphatic rings. The third-order valence-corrected chi connectivity index (χ3v) is 5.72. The van der Waals surface area contributed by atoms with Crippen molar-refractivity contribution in [3.05, 3.63) is 77.4 Å². The molecule has 1 saturated heterocycles. The second-order valence-electron chi connectivity index (χ2n) is 7.86. The van der Waals surface area contributed by atoms with Crippen molar-refractivity contribution in [3.63, 3.8) is 0 Å². The van der Waals surface area contributed by atoms with Crippen LogP contribution in [-0.2, 0) is 11.4 Å². The predicted molar refractivity (Wildman–Crippen MR) is 125 cm³/mol. The molecule has 4 N–H and O–H groups in total. The van der Waals surface area contributed by atoms with Gasteiger partial charge in [0, 0.05) is 29.7 Å². The molecule has 2 aromatic carbocycles. The van der Waals surface area contributed by atoms with E-state index < -0.39 is 17.9 Å². The van der Waals surface area contributed by atoms with Crippen molar-refractivity contribution in [2.75, 3.05) is 28.6 Å². The molecule has 0 atom stereocenters. The van der Waals surface area contributed by atoms with Crippen LogP contribution in [0, 0.1) is 5.82 Å². The summed E-state index contributed by atoms with van der Waals surface area (Å²) in [5.41, 5.74) is 3.35. The van der Waals surface area contributed by atoms with Gasteiger partial charge >= 0.3 is 12.1 Å². The van der Waals surface area contributed by atoms with Crippen molar-refractivity contribution in [3.8, 4) is 0 Å². The number of rotatable bonds is 4. The monoisotopic (exact) mass is 461 g/mol. The molecule has 3 aromatic rings. The van der Waals surface area contributed by atoms with Crippen LogP contribution in [-0.4, -0.2) is 46.0 Å². The van der Waals surface area contributed by atoms with E-state index >= 15 is 0 Å². The first kappa shape index (κ1) is 21.4. The molecule has 0 radical (unpaired) electrons. The number of aliphatic hydroxyl groups is 1. The first-order chi connectivity index (χ1) is 16.4. The van der Waals surface area contributed by atoms with Gasteiger partial charge in [0.15, 0.2) is 0 Å². The highest BCUT2D eigenvalue weighted by Crippen LogP contribution is 2.35. The van der Waals surface area contributed by atoms with Gasteiger partial charge in [-0.25, -0.2) is 18.9 Å². The first-order valence-electron chi connectivity index (χ1n) is 10.5. The minimum absolute atomic E-state index is 0.0409. The third-order valence-electron chi connectivity index (χ3n) is 5.72. The van der Waals surface area contributed by atoms with Gasteiger partial charge in [0.25, 0.3) is 5.91 Å². The SMILES string of the molecule is O=C1Nc2cc(NC(=O)N3CCN(c4ccc(CO)cc4F)C3=O)ccc2C1=Cc1ccc[nH]1. The second kappa shape index (κ2) is 8.49. The number of halogens is 1. The van der Waals surface area contributed by atoms with Crippen LogP contribution < -0.4 is 15.5 Å². The molecule has 0 saturated carbocycles. The van der Waals surface area contributed by atoms with Gasteiger partial charge in [-0.15, -0.1) is 0 Å². The Bertz CT molecular complexity index is 1340. The average Bonchev–Trinajstić information content (AvgIpc) is 3.54. The molecule has 0 bridgehead atoms. The number of imide groups is 1. The van der Waals surface area contributed by atoms with Crippen molar-refractivity contribution in [1.29, 1.82) is 0 Å². The number of aliphatic hydroxyl groups excluding tert-OH is 1. The van der Waals surface area contributed by atoms with Gasteiger partial charge in [0.05, 0.1) is 30.1 Å².